The van der Waals surface area contributed by atoms with E-state index in [1.165, 1.54) is 11.3 Å². The molecule has 110 valence electrons. The number of nitrogens with zero attached hydrogens (tertiary/aromatic N) is 2. The summed E-state index contributed by atoms with van der Waals surface area (Å²) in [5.41, 5.74) is 0.908. The van der Waals surface area contributed by atoms with E-state index in [-0.39, 0.29) is 18.5 Å². The molecule has 0 spiro atoms. The van der Waals surface area contributed by atoms with Crippen LogP contribution in [0.1, 0.15) is 36.3 Å². The molecular weight excluding hydrogens is 278 g/mol. The predicted molar refractivity (Wildman–Crippen MR) is 77.2 cm³/mol. The van der Waals surface area contributed by atoms with Gasteiger partial charge in [-0.1, -0.05) is 0 Å². The fourth-order valence-electron chi connectivity index (χ4n) is 2.37. The summed E-state index contributed by atoms with van der Waals surface area (Å²) in [5, 5.41) is 12.3. The molecule has 7 heteroatoms. The normalized spacial score (nSPS) is 18.9. The molecule has 2 rings (SSSR count). The molecule has 20 heavy (non-hydrogen) atoms. The maximum absolute atomic E-state index is 12.3. The number of nitrogens with one attached hydrogen (secondary N) is 1. The lowest BCUT2D eigenvalue weighted by Gasteiger charge is -2.34. The highest BCUT2D eigenvalue weighted by Gasteiger charge is 2.28. The SMILES string of the molecule is Cc1nc(NC(=O)N2CCCCC2CC(=O)O)sc1C. The highest BCUT2D eigenvalue weighted by molar-refractivity contribution is 7.15. The van der Waals surface area contributed by atoms with E-state index < -0.39 is 5.97 Å². The molecule has 1 aliphatic rings. The molecule has 1 aromatic heterocycles. The Balaban J connectivity index is 2.03. The van der Waals surface area contributed by atoms with Crippen LogP contribution in [0.3, 0.4) is 0 Å². The van der Waals surface area contributed by atoms with Crippen molar-refractivity contribution in [2.24, 2.45) is 0 Å². The third-order valence-corrected chi connectivity index (χ3v) is 4.53. The summed E-state index contributed by atoms with van der Waals surface area (Å²) in [6, 6.07) is -0.465. The maximum Gasteiger partial charge on any atom is 0.323 e. The van der Waals surface area contributed by atoms with Crippen LogP contribution < -0.4 is 5.32 Å². The van der Waals surface area contributed by atoms with Crippen molar-refractivity contribution in [3.8, 4) is 0 Å². The summed E-state index contributed by atoms with van der Waals surface area (Å²) in [5.74, 6) is -0.865. The molecule has 1 aliphatic heterocycles. The number of urea groups is 1. The Morgan fingerprint density at radius 3 is 2.80 bits per heavy atom. The van der Waals surface area contributed by atoms with Gasteiger partial charge in [-0.15, -0.1) is 11.3 Å². The van der Waals surface area contributed by atoms with Crippen molar-refractivity contribution >= 4 is 28.5 Å². The fourth-order valence-corrected chi connectivity index (χ4v) is 3.18. The first-order valence-corrected chi connectivity index (χ1v) is 7.52. The Hall–Kier alpha value is -1.63. The van der Waals surface area contributed by atoms with Gasteiger partial charge in [0.25, 0.3) is 0 Å². The Morgan fingerprint density at radius 1 is 1.45 bits per heavy atom. The zero-order valence-corrected chi connectivity index (χ0v) is 12.5. The van der Waals surface area contributed by atoms with Gasteiger partial charge in [0.15, 0.2) is 5.13 Å². The molecule has 1 saturated heterocycles. The van der Waals surface area contributed by atoms with Gasteiger partial charge in [-0.2, -0.15) is 0 Å². The number of hydrogen-bond donors (Lipinski definition) is 2. The zero-order valence-electron chi connectivity index (χ0n) is 11.7. The van der Waals surface area contributed by atoms with Gasteiger partial charge >= 0.3 is 12.0 Å². The molecule has 1 unspecified atom stereocenters. The molecule has 6 nitrogen and oxygen atoms in total. The molecule has 1 atom stereocenters. The lowest BCUT2D eigenvalue weighted by Crippen LogP contribution is -2.46. The first-order chi connectivity index (χ1) is 9.47. The van der Waals surface area contributed by atoms with E-state index in [2.05, 4.69) is 10.3 Å². The second kappa shape index (κ2) is 6.21. The van der Waals surface area contributed by atoms with E-state index in [4.69, 9.17) is 5.11 Å². The van der Waals surface area contributed by atoms with Gasteiger partial charge in [0.2, 0.25) is 0 Å². The number of aryl methyl sites for hydroxylation is 2. The third kappa shape index (κ3) is 3.47. The van der Waals surface area contributed by atoms with Crippen molar-refractivity contribution in [3.05, 3.63) is 10.6 Å². The van der Waals surface area contributed by atoms with Gasteiger partial charge in [-0.25, -0.2) is 9.78 Å². The minimum Gasteiger partial charge on any atom is -0.481 e. The number of piperidine rings is 1. The molecule has 1 fully saturated rings. The van der Waals surface area contributed by atoms with Crippen LogP contribution in [-0.2, 0) is 4.79 Å². The smallest absolute Gasteiger partial charge is 0.323 e. The van der Waals surface area contributed by atoms with Gasteiger partial charge in [-0.3, -0.25) is 10.1 Å². The number of amides is 2. The number of rotatable bonds is 3. The average molecular weight is 297 g/mol. The minimum absolute atomic E-state index is 0.00332. The number of aromatic nitrogens is 1. The molecule has 0 aromatic carbocycles. The van der Waals surface area contributed by atoms with Crippen LogP contribution in [-0.4, -0.2) is 39.6 Å². The predicted octanol–water partition coefficient (Wildman–Crippen LogP) is 2.62. The molecule has 2 heterocycles. The minimum atomic E-state index is -0.865. The molecule has 0 bridgehead atoms. The van der Waals surface area contributed by atoms with E-state index in [0.29, 0.717) is 11.7 Å². The number of carboxylic acid groups (broad SMARTS) is 1. The van der Waals surface area contributed by atoms with Crippen molar-refractivity contribution in [1.29, 1.82) is 0 Å². The monoisotopic (exact) mass is 297 g/mol. The topological polar surface area (TPSA) is 82.5 Å². The van der Waals surface area contributed by atoms with E-state index in [9.17, 15) is 9.59 Å². The van der Waals surface area contributed by atoms with Crippen LogP contribution in [0.25, 0.3) is 0 Å². The largest absolute Gasteiger partial charge is 0.481 e. The van der Waals surface area contributed by atoms with E-state index in [1.807, 2.05) is 13.8 Å². The molecular formula is C13H19N3O3S. The van der Waals surface area contributed by atoms with E-state index in [0.717, 1.165) is 29.8 Å². The Bertz CT molecular complexity index is 495. The lowest BCUT2D eigenvalue weighted by molar-refractivity contribution is -0.138. The van der Waals surface area contributed by atoms with Crippen molar-refractivity contribution in [2.45, 2.75) is 45.6 Å². The van der Waals surface area contributed by atoms with Gasteiger partial charge in [0.1, 0.15) is 0 Å². The van der Waals surface area contributed by atoms with Crippen LogP contribution in [0.5, 0.6) is 0 Å². The zero-order chi connectivity index (χ0) is 14.7. The number of thiazole rings is 1. The number of carbonyl (C=O) groups excluding carboxylic acids is 1. The van der Waals surface area contributed by atoms with Crippen LogP contribution in [0, 0.1) is 13.8 Å². The summed E-state index contributed by atoms with van der Waals surface area (Å²) < 4.78 is 0. The summed E-state index contributed by atoms with van der Waals surface area (Å²) >= 11 is 1.44. The molecule has 0 saturated carbocycles. The molecule has 0 radical (unpaired) electrons. The van der Waals surface area contributed by atoms with Gasteiger partial charge in [0.05, 0.1) is 12.1 Å². The quantitative estimate of drug-likeness (QED) is 0.898. The summed E-state index contributed by atoms with van der Waals surface area (Å²) in [4.78, 5) is 30.1. The summed E-state index contributed by atoms with van der Waals surface area (Å²) in [6.07, 6.45) is 2.63. The molecule has 2 amide bonds. The number of carbonyl (C=O) groups is 2. The lowest BCUT2D eigenvalue weighted by atomic mass is 10.00. The van der Waals surface area contributed by atoms with Crippen molar-refractivity contribution in [3.63, 3.8) is 0 Å². The highest BCUT2D eigenvalue weighted by Crippen LogP contribution is 2.24. The Labute approximate surface area is 121 Å². The van der Waals surface area contributed by atoms with Crippen LogP contribution >= 0.6 is 11.3 Å². The number of aliphatic carboxylic acids is 1. The van der Waals surface area contributed by atoms with Crippen LogP contribution in [0.2, 0.25) is 0 Å². The number of anilines is 1. The fraction of sp³-hybridized carbons (Fsp3) is 0.615. The maximum atomic E-state index is 12.3. The molecule has 1 aromatic rings. The number of carboxylic acids is 1. The summed E-state index contributed by atoms with van der Waals surface area (Å²) in [7, 11) is 0. The van der Waals surface area contributed by atoms with E-state index in [1.54, 1.807) is 4.90 Å². The summed E-state index contributed by atoms with van der Waals surface area (Å²) in [6.45, 7) is 4.46. The number of likely N-dealkylation sites (tertiary alicyclic amines) is 1. The third-order valence-electron chi connectivity index (χ3n) is 3.54. The van der Waals surface area contributed by atoms with Gasteiger partial charge < -0.3 is 10.0 Å². The molecule has 0 aliphatic carbocycles. The molecule has 2 N–H and O–H groups in total. The highest BCUT2D eigenvalue weighted by atomic mass is 32.1. The number of hydrogen-bond acceptors (Lipinski definition) is 4. The van der Waals surface area contributed by atoms with Crippen molar-refractivity contribution < 1.29 is 14.7 Å². The second-order valence-corrected chi connectivity index (χ2v) is 6.23. The van der Waals surface area contributed by atoms with Crippen molar-refractivity contribution in [2.75, 3.05) is 11.9 Å². The van der Waals surface area contributed by atoms with Crippen LogP contribution in [0.15, 0.2) is 0 Å². The van der Waals surface area contributed by atoms with Crippen molar-refractivity contribution in [1.82, 2.24) is 9.88 Å². The Morgan fingerprint density at radius 2 is 2.20 bits per heavy atom. The first kappa shape index (κ1) is 14.8. The van der Waals surface area contributed by atoms with Gasteiger partial charge in [-0.05, 0) is 33.1 Å². The standard InChI is InChI=1S/C13H19N3O3S/c1-8-9(2)20-12(14-8)15-13(19)16-6-4-3-5-10(16)7-11(17)18/h10H,3-7H2,1-2H3,(H,17,18)(H,14,15,19). The second-order valence-electron chi connectivity index (χ2n) is 5.03. The first-order valence-electron chi connectivity index (χ1n) is 6.71. The van der Waals surface area contributed by atoms with Gasteiger partial charge in [0, 0.05) is 17.5 Å². The van der Waals surface area contributed by atoms with Crippen LogP contribution in [0.4, 0.5) is 9.93 Å². The Kier molecular flexibility index (Phi) is 4.59. The average Bonchev–Trinajstić information content (AvgIpc) is 2.68. The van der Waals surface area contributed by atoms with E-state index >= 15 is 0 Å².